The van der Waals surface area contributed by atoms with E-state index < -0.39 is 12.0 Å². The van der Waals surface area contributed by atoms with Gasteiger partial charge in [0.15, 0.2) is 0 Å². The van der Waals surface area contributed by atoms with Crippen LogP contribution in [0.5, 0.6) is 0 Å². The van der Waals surface area contributed by atoms with Gasteiger partial charge in [-0.2, -0.15) is 0 Å². The largest absolute Gasteiger partial charge is 0.453 e. The van der Waals surface area contributed by atoms with Gasteiger partial charge in [-0.05, 0) is 24.0 Å². The van der Waals surface area contributed by atoms with Gasteiger partial charge in [-0.3, -0.25) is 9.59 Å². The number of fused-ring (bicyclic) bond motifs is 1. The highest BCUT2D eigenvalue weighted by Crippen LogP contribution is 2.37. The highest BCUT2D eigenvalue weighted by atomic mass is 32.1. The predicted octanol–water partition coefficient (Wildman–Crippen LogP) is 2.54. The summed E-state index contributed by atoms with van der Waals surface area (Å²) < 4.78 is 4.76. The quantitative estimate of drug-likeness (QED) is 0.823. The van der Waals surface area contributed by atoms with Gasteiger partial charge in [-0.1, -0.05) is 30.3 Å². The van der Waals surface area contributed by atoms with Crippen molar-refractivity contribution >= 4 is 34.2 Å². The van der Waals surface area contributed by atoms with Crippen LogP contribution in [0.4, 0.5) is 9.80 Å². The van der Waals surface area contributed by atoms with E-state index in [1.807, 2.05) is 30.3 Å². The Balaban J connectivity index is 1.73. The predicted molar refractivity (Wildman–Crippen MR) is 103 cm³/mol. The van der Waals surface area contributed by atoms with E-state index in [1.165, 1.54) is 18.4 Å². The average molecular weight is 387 g/mol. The number of carbonyl (C=O) groups is 3. The fourth-order valence-electron chi connectivity index (χ4n) is 3.13. The van der Waals surface area contributed by atoms with Gasteiger partial charge in [0.2, 0.25) is 5.91 Å². The Labute approximate surface area is 161 Å². The summed E-state index contributed by atoms with van der Waals surface area (Å²) in [6.07, 6.45) is 1.00. The number of thiophene rings is 1. The molecule has 0 bridgehead atoms. The molecule has 0 aliphatic carbocycles. The molecule has 8 heteroatoms. The molecule has 1 aliphatic rings. The molecule has 3 amide bonds. The number of hydrogen-bond donors (Lipinski definition) is 2. The number of nitrogens with two attached hydrogens (primary N) is 1. The fraction of sp³-hybridized carbons (Fsp3) is 0.316. The summed E-state index contributed by atoms with van der Waals surface area (Å²) in [5.74, 6) is -0.748. The van der Waals surface area contributed by atoms with E-state index >= 15 is 0 Å². The fourth-order valence-corrected chi connectivity index (χ4v) is 4.41. The number of benzene rings is 1. The van der Waals surface area contributed by atoms with Crippen LogP contribution in [0.3, 0.4) is 0 Å². The molecule has 7 nitrogen and oxygen atoms in total. The van der Waals surface area contributed by atoms with Crippen molar-refractivity contribution in [2.75, 3.05) is 19.0 Å². The van der Waals surface area contributed by atoms with E-state index in [0.717, 1.165) is 16.0 Å². The van der Waals surface area contributed by atoms with E-state index in [-0.39, 0.29) is 5.91 Å². The number of amides is 3. The lowest BCUT2D eigenvalue weighted by Gasteiger charge is -2.25. The monoisotopic (exact) mass is 387 g/mol. The van der Waals surface area contributed by atoms with Gasteiger partial charge in [0.1, 0.15) is 5.00 Å². The molecular formula is C19H21N3O4S. The second kappa shape index (κ2) is 8.22. The molecule has 3 rings (SSSR count). The Bertz CT molecular complexity index is 863. The number of anilines is 1. The van der Waals surface area contributed by atoms with Gasteiger partial charge in [-0.15, -0.1) is 11.3 Å². The van der Waals surface area contributed by atoms with E-state index in [4.69, 9.17) is 10.5 Å². The number of hydrogen-bond acceptors (Lipinski definition) is 5. The first-order valence-electron chi connectivity index (χ1n) is 8.60. The normalized spacial score (nSPS) is 13.0. The van der Waals surface area contributed by atoms with Gasteiger partial charge < -0.3 is 20.7 Å². The van der Waals surface area contributed by atoms with Crippen molar-refractivity contribution in [1.82, 2.24) is 4.90 Å². The van der Waals surface area contributed by atoms with Crippen molar-refractivity contribution in [3.8, 4) is 0 Å². The van der Waals surface area contributed by atoms with E-state index in [0.29, 0.717) is 42.9 Å². The maximum Gasteiger partial charge on any atom is 0.409 e. The zero-order valence-electron chi connectivity index (χ0n) is 15.0. The molecule has 0 atom stereocenters. The van der Waals surface area contributed by atoms with Gasteiger partial charge in [0.05, 0.1) is 19.2 Å². The summed E-state index contributed by atoms with van der Waals surface area (Å²) in [7, 11) is 1.33. The molecule has 2 heterocycles. The van der Waals surface area contributed by atoms with Crippen molar-refractivity contribution < 1.29 is 19.1 Å². The van der Waals surface area contributed by atoms with Crippen LogP contribution < -0.4 is 11.1 Å². The van der Waals surface area contributed by atoms with Crippen LogP contribution in [0.1, 0.15) is 32.8 Å². The number of carbonyl (C=O) groups excluding carboxylic acids is 3. The summed E-state index contributed by atoms with van der Waals surface area (Å²) in [6, 6.07) is 9.72. The van der Waals surface area contributed by atoms with Gasteiger partial charge in [0.25, 0.3) is 5.91 Å². The molecule has 0 fully saturated rings. The maximum atomic E-state index is 12.4. The molecule has 0 radical (unpaired) electrons. The third-order valence-electron chi connectivity index (χ3n) is 4.47. The zero-order chi connectivity index (χ0) is 19.4. The highest BCUT2D eigenvalue weighted by molar-refractivity contribution is 7.17. The van der Waals surface area contributed by atoms with Crippen LogP contribution in [-0.2, 0) is 28.9 Å². The number of nitrogens with zero attached hydrogens (tertiary/aromatic N) is 1. The Morgan fingerprint density at radius 3 is 2.67 bits per heavy atom. The van der Waals surface area contributed by atoms with E-state index in [1.54, 1.807) is 4.90 Å². The molecule has 0 saturated heterocycles. The highest BCUT2D eigenvalue weighted by Gasteiger charge is 2.29. The molecule has 1 aromatic heterocycles. The standard InChI is InChI=1S/C19H21N3O4S/c1-26-19(25)22-10-9-13-14(11-22)27-18(16(13)17(20)24)21-15(23)8-7-12-5-3-2-4-6-12/h2-6H,7-11H2,1H3,(H2,20,24)(H,21,23). The van der Waals surface area contributed by atoms with Crippen molar-refractivity contribution in [2.24, 2.45) is 5.73 Å². The summed E-state index contributed by atoms with van der Waals surface area (Å²) in [5.41, 5.74) is 7.79. The van der Waals surface area contributed by atoms with Crippen LogP contribution in [0, 0.1) is 0 Å². The first kappa shape index (κ1) is 18.9. The first-order chi connectivity index (χ1) is 13.0. The molecule has 2 aromatic rings. The Kier molecular flexibility index (Phi) is 5.75. The summed E-state index contributed by atoms with van der Waals surface area (Å²) >= 11 is 1.29. The molecule has 0 spiro atoms. The number of rotatable bonds is 5. The zero-order valence-corrected chi connectivity index (χ0v) is 15.8. The number of primary amides is 1. The van der Waals surface area contributed by atoms with Gasteiger partial charge in [-0.25, -0.2) is 4.79 Å². The molecule has 0 unspecified atom stereocenters. The van der Waals surface area contributed by atoms with Crippen LogP contribution in [0.15, 0.2) is 30.3 Å². The lowest BCUT2D eigenvalue weighted by atomic mass is 10.0. The Morgan fingerprint density at radius 2 is 2.00 bits per heavy atom. The van der Waals surface area contributed by atoms with Crippen LogP contribution in [-0.4, -0.2) is 36.5 Å². The molecule has 0 saturated carbocycles. The minimum Gasteiger partial charge on any atom is -0.453 e. The van der Waals surface area contributed by atoms with Crippen LogP contribution in [0.2, 0.25) is 0 Å². The van der Waals surface area contributed by atoms with Gasteiger partial charge >= 0.3 is 6.09 Å². The number of aryl methyl sites for hydroxylation is 1. The Morgan fingerprint density at radius 1 is 1.26 bits per heavy atom. The maximum absolute atomic E-state index is 12.4. The van der Waals surface area contributed by atoms with Crippen LogP contribution in [0.25, 0.3) is 0 Å². The molecule has 27 heavy (non-hydrogen) atoms. The molecule has 3 N–H and O–H groups in total. The number of methoxy groups -OCH3 is 1. The van der Waals surface area contributed by atoms with Crippen molar-refractivity contribution in [2.45, 2.75) is 25.8 Å². The summed E-state index contributed by atoms with van der Waals surface area (Å²) in [5, 5.41) is 3.28. The lowest BCUT2D eigenvalue weighted by Crippen LogP contribution is -2.35. The SMILES string of the molecule is COC(=O)N1CCc2c(sc(NC(=O)CCc3ccccc3)c2C(N)=O)C1. The van der Waals surface area contributed by atoms with Crippen molar-refractivity contribution in [3.05, 3.63) is 51.9 Å². The molecule has 1 aliphatic heterocycles. The van der Waals surface area contributed by atoms with Crippen LogP contribution >= 0.6 is 11.3 Å². The molecule has 142 valence electrons. The molecular weight excluding hydrogens is 366 g/mol. The van der Waals surface area contributed by atoms with Crippen molar-refractivity contribution in [1.29, 1.82) is 0 Å². The first-order valence-corrected chi connectivity index (χ1v) is 9.42. The minimum atomic E-state index is -0.572. The Hall–Kier alpha value is -2.87. The smallest absolute Gasteiger partial charge is 0.409 e. The average Bonchev–Trinajstić information content (AvgIpc) is 3.03. The van der Waals surface area contributed by atoms with Crippen molar-refractivity contribution in [3.63, 3.8) is 0 Å². The van der Waals surface area contributed by atoms with E-state index in [2.05, 4.69) is 5.32 Å². The number of ether oxygens (including phenoxy) is 1. The van der Waals surface area contributed by atoms with Gasteiger partial charge in [0, 0.05) is 17.8 Å². The lowest BCUT2D eigenvalue weighted by molar-refractivity contribution is -0.116. The second-order valence-electron chi connectivity index (χ2n) is 6.25. The molecule has 1 aromatic carbocycles. The third-order valence-corrected chi connectivity index (χ3v) is 5.60. The topological polar surface area (TPSA) is 102 Å². The summed E-state index contributed by atoms with van der Waals surface area (Å²) in [4.78, 5) is 38.5. The summed E-state index contributed by atoms with van der Waals surface area (Å²) in [6.45, 7) is 0.783. The third kappa shape index (κ3) is 4.28. The van der Waals surface area contributed by atoms with E-state index in [9.17, 15) is 14.4 Å². The number of nitrogens with one attached hydrogen (secondary N) is 1. The second-order valence-corrected chi connectivity index (χ2v) is 7.35. The minimum absolute atomic E-state index is 0.176.